The Labute approximate surface area is 125 Å². The monoisotopic (exact) mass is 288 g/mol. The van der Waals surface area contributed by atoms with Crippen LogP contribution >= 0.6 is 0 Å². The summed E-state index contributed by atoms with van der Waals surface area (Å²) in [5.41, 5.74) is 1.36. The fourth-order valence-corrected chi connectivity index (χ4v) is 2.83. The average Bonchev–Trinajstić information content (AvgIpc) is 3.09. The maximum Gasteiger partial charge on any atom is 0.208 e. The van der Waals surface area contributed by atoms with Crippen LogP contribution < -0.4 is 0 Å². The van der Waals surface area contributed by atoms with E-state index in [1.54, 1.807) is 0 Å². The third-order valence-corrected chi connectivity index (χ3v) is 4.23. The number of H-pyrrole nitrogens is 1. The third kappa shape index (κ3) is 3.35. The van der Waals surface area contributed by atoms with Gasteiger partial charge in [0.25, 0.3) is 0 Å². The number of rotatable bonds is 3. The lowest BCUT2D eigenvalue weighted by Crippen LogP contribution is -2.32. The Hall–Kier alpha value is -1.62. The topological polar surface area (TPSA) is 58.0 Å². The van der Waals surface area contributed by atoms with E-state index in [-0.39, 0.29) is 5.41 Å². The van der Waals surface area contributed by atoms with Crippen molar-refractivity contribution in [3.8, 4) is 0 Å². The van der Waals surface area contributed by atoms with Gasteiger partial charge in [-0.15, -0.1) is 0 Å². The molecule has 5 nitrogen and oxygen atoms in total. The molecule has 1 N–H and O–H groups in total. The van der Waals surface area contributed by atoms with Crippen LogP contribution in [0.3, 0.4) is 0 Å². The lowest BCUT2D eigenvalue weighted by atomic mass is 9.92. The normalized spacial score (nSPS) is 18.2. The molecule has 0 atom stereocenters. The molecule has 114 valence electrons. The van der Waals surface area contributed by atoms with Gasteiger partial charge in [-0.2, -0.15) is 5.10 Å². The molecule has 5 heteroatoms. The van der Waals surface area contributed by atoms with Crippen molar-refractivity contribution in [3.63, 3.8) is 0 Å². The van der Waals surface area contributed by atoms with Crippen LogP contribution in [0.1, 0.15) is 56.7 Å². The Bertz CT molecular complexity index is 559. The average molecular weight is 288 g/mol. The molecule has 0 spiro atoms. The molecule has 1 aliphatic rings. The molecule has 3 heterocycles. The maximum absolute atomic E-state index is 5.88. The summed E-state index contributed by atoms with van der Waals surface area (Å²) in [4.78, 5) is 6.85. The largest absolute Gasteiger partial charge is 0.444 e. The zero-order valence-electron chi connectivity index (χ0n) is 13.1. The second-order valence-electron chi connectivity index (χ2n) is 6.95. The van der Waals surface area contributed by atoms with Gasteiger partial charge in [-0.05, 0) is 37.4 Å². The smallest absolute Gasteiger partial charge is 0.208 e. The number of hydrogen-bond acceptors (Lipinski definition) is 4. The number of piperidine rings is 1. The van der Waals surface area contributed by atoms with Gasteiger partial charge < -0.3 is 4.42 Å². The molecule has 0 amide bonds. The Morgan fingerprint density at radius 2 is 2.05 bits per heavy atom. The van der Waals surface area contributed by atoms with Gasteiger partial charge in [-0.25, -0.2) is 4.98 Å². The van der Waals surface area contributed by atoms with Crippen molar-refractivity contribution >= 4 is 0 Å². The van der Waals surface area contributed by atoms with Crippen LogP contribution in [0, 0.1) is 0 Å². The standard InChI is InChI=1S/C16H24N4O/c1-16(2,3)14-10-17-15(21-14)11-20-6-4-12(5-7-20)13-8-18-19-9-13/h8-10,12H,4-7,11H2,1-3H3,(H,18,19). The van der Waals surface area contributed by atoms with Crippen molar-refractivity contribution in [2.75, 3.05) is 13.1 Å². The first kappa shape index (κ1) is 14.3. The second-order valence-corrected chi connectivity index (χ2v) is 6.95. The van der Waals surface area contributed by atoms with E-state index >= 15 is 0 Å². The maximum atomic E-state index is 5.88. The van der Waals surface area contributed by atoms with E-state index in [0.29, 0.717) is 5.92 Å². The van der Waals surface area contributed by atoms with Crippen LogP contribution in [0.15, 0.2) is 23.0 Å². The second kappa shape index (κ2) is 5.64. The number of hydrogen-bond donors (Lipinski definition) is 1. The number of likely N-dealkylation sites (tertiary alicyclic amines) is 1. The van der Waals surface area contributed by atoms with Crippen LogP contribution in [0.2, 0.25) is 0 Å². The summed E-state index contributed by atoms with van der Waals surface area (Å²) < 4.78 is 5.88. The summed E-state index contributed by atoms with van der Waals surface area (Å²) in [5.74, 6) is 2.43. The third-order valence-electron chi connectivity index (χ3n) is 4.23. The van der Waals surface area contributed by atoms with Gasteiger partial charge in [0.2, 0.25) is 5.89 Å². The highest BCUT2D eigenvalue weighted by Crippen LogP contribution is 2.28. The van der Waals surface area contributed by atoms with Crippen molar-refractivity contribution in [2.45, 2.75) is 51.5 Å². The molecule has 0 aromatic carbocycles. The number of oxazole rings is 1. The Morgan fingerprint density at radius 1 is 1.29 bits per heavy atom. The molecule has 0 saturated carbocycles. The van der Waals surface area contributed by atoms with Gasteiger partial charge in [0.1, 0.15) is 5.76 Å². The van der Waals surface area contributed by atoms with Gasteiger partial charge in [0.05, 0.1) is 18.9 Å². The van der Waals surface area contributed by atoms with Crippen LogP contribution in [-0.4, -0.2) is 33.2 Å². The van der Waals surface area contributed by atoms with Gasteiger partial charge in [0, 0.05) is 11.6 Å². The molecule has 1 saturated heterocycles. The molecule has 3 rings (SSSR count). The first-order valence-corrected chi connectivity index (χ1v) is 7.68. The molecular formula is C16H24N4O. The highest BCUT2D eigenvalue weighted by Gasteiger charge is 2.24. The van der Waals surface area contributed by atoms with E-state index < -0.39 is 0 Å². The minimum atomic E-state index is 0.0273. The van der Waals surface area contributed by atoms with Gasteiger partial charge in [-0.1, -0.05) is 20.8 Å². The highest BCUT2D eigenvalue weighted by molar-refractivity contribution is 5.11. The molecule has 1 fully saturated rings. The fourth-order valence-electron chi connectivity index (χ4n) is 2.83. The summed E-state index contributed by atoms with van der Waals surface area (Å²) >= 11 is 0. The predicted molar refractivity (Wildman–Crippen MR) is 81.0 cm³/mol. The van der Waals surface area contributed by atoms with Crippen LogP contribution in [-0.2, 0) is 12.0 Å². The van der Waals surface area contributed by atoms with E-state index in [1.165, 1.54) is 18.4 Å². The van der Waals surface area contributed by atoms with Gasteiger partial charge in [0.15, 0.2) is 0 Å². The molecule has 2 aromatic heterocycles. The molecule has 21 heavy (non-hydrogen) atoms. The van der Waals surface area contributed by atoms with Gasteiger partial charge >= 0.3 is 0 Å². The summed E-state index contributed by atoms with van der Waals surface area (Å²) in [6.07, 6.45) is 8.18. The van der Waals surface area contributed by atoms with Crippen molar-refractivity contribution in [3.05, 3.63) is 35.8 Å². The SMILES string of the molecule is CC(C)(C)c1cnc(CN2CCC(c3cn[nH]c3)CC2)o1. The van der Waals surface area contributed by atoms with E-state index in [4.69, 9.17) is 4.42 Å². The molecule has 0 radical (unpaired) electrons. The minimum absolute atomic E-state index is 0.0273. The molecule has 0 bridgehead atoms. The van der Waals surface area contributed by atoms with Crippen molar-refractivity contribution in [1.82, 2.24) is 20.1 Å². The van der Waals surface area contributed by atoms with Crippen molar-refractivity contribution in [1.29, 1.82) is 0 Å². The lowest BCUT2D eigenvalue weighted by Gasteiger charge is -2.30. The van der Waals surface area contributed by atoms with Crippen molar-refractivity contribution in [2.24, 2.45) is 0 Å². The first-order chi connectivity index (χ1) is 10.0. The zero-order valence-corrected chi connectivity index (χ0v) is 13.1. The Balaban J connectivity index is 1.55. The summed E-state index contributed by atoms with van der Waals surface area (Å²) in [6.45, 7) is 9.43. The minimum Gasteiger partial charge on any atom is -0.444 e. The van der Waals surface area contributed by atoms with Crippen molar-refractivity contribution < 1.29 is 4.42 Å². The van der Waals surface area contributed by atoms with E-state index in [1.807, 2.05) is 18.6 Å². The summed E-state index contributed by atoms with van der Waals surface area (Å²) in [7, 11) is 0. The van der Waals surface area contributed by atoms with E-state index in [0.717, 1.165) is 31.3 Å². The van der Waals surface area contributed by atoms with Crippen LogP contribution in [0.4, 0.5) is 0 Å². The number of nitrogens with zero attached hydrogens (tertiary/aromatic N) is 3. The molecule has 1 aliphatic heterocycles. The fraction of sp³-hybridized carbons (Fsp3) is 0.625. The Morgan fingerprint density at radius 3 is 2.62 bits per heavy atom. The number of nitrogens with one attached hydrogen (secondary N) is 1. The highest BCUT2D eigenvalue weighted by atomic mass is 16.4. The summed E-state index contributed by atoms with van der Waals surface area (Å²) in [5, 5.41) is 6.95. The van der Waals surface area contributed by atoms with E-state index in [2.05, 4.69) is 40.9 Å². The molecule has 0 unspecified atom stereocenters. The quantitative estimate of drug-likeness (QED) is 0.943. The first-order valence-electron chi connectivity index (χ1n) is 7.68. The van der Waals surface area contributed by atoms with Crippen LogP contribution in [0.25, 0.3) is 0 Å². The lowest BCUT2D eigenvalue weighted by molar-refractivity contribution is 0.184. The zero-order chi connectivity index (χ0) is 14.9. The van der Waals surface area contributed by atoms with E-state index in [9.17, 15) is 0 Å². The number of aromatic amines is 1. The molecule has 2 aromatic rings. The Kier molecular flexibility index (Phi) is 3.85. The molecular weight excluding hydrogens is 264 g/mol. The molecule has 0 aliphatic carbocycles. The van der Waals surface area contributed by atoms with Gasteiger partial charge in [-0.3, -0.25) is 10.00 Å². The number of aromatic nitrogens is 3. The van der Waals surface area contributed by atoms with Crippen LogP contribution in [0.5, 0.6) is 0 Å². The summed E-state index contributed by atoms with van der Waals surface area (Å²) in [6, 6.07) is 0. The predicted octanol–water partition coefficient (Wildman–Crippen LogP) is 3.07.